The van der Waals surface area contributed by atoms with Crippen molar-refractivity contribution >= 4 is 22.8 Å². The van der Waals surface area contributed by atoms with Gasteiger partial charge in [-0.2, -0.15) is 0 Å². The third kappa shape index (κ3) is 5.15. The molecule has 0 saturated heterocycles. The molecule has 39 heavy (non-hydrogen) atoms. The average Bonchev–Trinajstić information content (AvgIpc) is 3.17. The lowest BCUT2D eigenvalue weighted by molar-refractivity contribution is 1.18. The molecule has 0 radical (unpaired) electrons. The molecule has 2 nitrogen and oxygen atoms in total. The summed E-state index contributed by atoms with van der Waals surface area (Å²) in [6.45, 7) is 4.23. The highest BCUT2D eigenvalue weighted by Gasteiger charge is 2.31. The van der Waals surface area contributed by atoms with E-state index in [0.717, 1.165) is 50.6 Å². The molecule has 1 unspecified atom stereocenters. The van der Waals surface area contributed by atoms with Crippen molar-refractivity contribution in [2.75, 3.05) is 0 Å². The summed E-state index contributed by atoms with van der Waals surface area (Å²) in [5.41, 5.74) is 11.6. The minimum Gasteiger partial charge on any atom is -0.249 e. The van der Waals surface area contributed by atoms with E-state index in [2.05, 4.69) is 147 Å². The second-order valence-electron chi connectivity index (χ2n) is 10.00. The SMILES string of the molecule is Cc1ccc(C2=NC(c3ccc(C)cc3)=C(c3ccccc3)N=C(c3ccccc3)C2c2ccccc2)cc1. The van der Waals surface area contributed by atoms with Gasteiger partial charge in [-0.3, -0.25) is 0 Å². The van der Waals surface area contributed by atoms with E-state index >= 15 is 0 Å². The minimum absolute atomic E-state index is 0.155. The standard InChI is InChI=1S/C37H30N2/c1-26-18-22-31(23-19-26)35-33(28-12-6-3-7-13-28)34(29-14-8-4-9-15-29)38-36(30-16-10-5-11-17-30)37(39-35)32-24-20-27(2)21-25-32/h3-25,33H,1-2H3. The lowest BCUT2D eigenvalue weighted by atomic mass is 9.83. The van der Waals surface area contributed by atoms with Gasteiger partial charge in [0.15, 0.2) is 0 Å². The van der Waals surface area contributed by atoms with Crippen molar-refractivity contribution in [1.29, 1.82) is 0 Å². The van der Waals surface area contributed by atoms with Crippen molar-refractivity contribution < 1.29 is 0 Å². The Morgan fingerprint density at radius 3 is 1.23 bits per heavy atom. The Morgan fingerprint density at radius 2 is 0.744 bits per heavy atom. The number of benzene rings is 5. The van der Waals surface area contributed by atoms with Crippen LogP contribution in [0.5, 0.6) is 0 Å². The summed E-state index contributed by atoms with van der Waals surface area (Å²) < 4.78 is 0. The van der Waals surface area contributed by atoms with Crippen molar-refractivity contribution in [1.82, 2.24) is 0 Å². The number of hydrogen-bond acceptors (Lipinski definition) is 2. The van der Waals surface area contributed by atoms with E-state index in [-0.39, 0.29) is 5.92 Å². The molecule has 6 rings (SSSR count). The smallest absolute Gasteiger partial charge is 0.0968 e. The molecule has 5 aromatic rings. The first-order valence-electron chi connectivity index (χ1n) is 13.4. The zero-order chi connectivity index (χ0) is 26.6. The molecule has 0 bridgehead atoms. The highest BCUT2D eigenvalue weighted by molar-refractivity contribution is 6.27. The van der Waals surface area contributed by atoms with Crippen molar-refractivity contribution in [2.45, 2.75) is 19.8 Å². The topological polar surface area (TPSA) is 24.7 Å². The van der Waals surface area contributed by atoms with E-state index in [0.29, 0.717) is 0 Å². The predicted molar refractivity (Wildman–Crippen MR) is 164 cm³/mol. The van der Waals surface area contributed by atoms with Crippen LogP contribution in [0.15, 0.2) is 150 Å². The molecule has 188 valence electrons. The monoisotopic (exact) mass is 502 g/mol. The van der Waals surface area contributed by atoms with E-state index < -0.39 is 0 Å². The second-order valence-corrected chi connectivity index (χ2v) is 10.00. The van der Waals surface area contributed by atoms with Crippen molar-refractivity contribution in [3.05, 3.63) is 178 Å². The summed E-state index contributed by atoms with van der Waals surface area (Å²) >= 11 is 0. The van der Waals surface area contributed by atoms with Crippen LogP contribution in [0, 0.1) is 13.8 Å². The summed E-state index contributed by atoms with van der Waals surface area (Å²) in [5.74, 6) is -0.155. The number of hydrogen-bond donors (Lipinski definition) is 0. The summed E-state index contributed by atoms with van der Waals surface area (Å²) in [6, 6.07) is 48.9. The Hall–Kier alpha value is -4.82. The van der Waals surface area contributed by atoms with Gasteiger partial charge in [-0.25, -0.2) is 9.98 Å². The number of nitrogens with zero attached hydrogens (tertiary/aromatic N) is 2. The normalized spacial score (nSPS) is 15.4. The molecule has 0 aliphatic carbocycles. The molecule has 0 amide bonds. The molecular formula is C37H30N2. The molecule has 1 aliphatic rings. The molecule has 0 spiro atoms. The van der Waals surface area contributed by atoms with E-state index in [1.54, 1.807) is 0 Å². The number of aryl methyl sites for hydroxylation is 2. The lowest BCUT2D eigenvalue weighted by Gasteiger charge is -2.22. The van der Waals surface area contributed by atoms with Gasteiger partial charge in [-0.15, -0.1) is 0 Å². The van der Waals surface area contributed by atoms with Crippen molar-refractivity contribution in [3.8, 4) is 0 Å². The lowest BCUT2D eigenvalue weighted by Crippen LogP contribution is -2.23. The Balaban J connectivity index is 1.73. The third-order valence-corrected chi connectivity index (χ3v) is 7.16. The van der Waals surface area contributed by atoms with Crippen LogP contribution in [0.1, 0.15) is 44.9 Å². The average molecular weight is 503 g/mol. The summed E-state index contributed by atoms with van der Waals surface area (Å²) in [6.07, 6.45) is 0. The van der Waals surface area contributed by atoms with Gasteiger partial charge in [-0.1, -0.05) is 151 Å². The maximum absolute atomic E-state index is 5.55. The molecule has 5 aromatic carbocycles. The maximum Gasteiger partial charge on any atom is 0.0968 e. The fourth-order valence-corrected chi connectivity index (χ4v) is 5.07. The quantitative estimate of drug-likeness (QED) is 0.229. The summed E-state index contributed by atoms with van der Waals surface area (Å²) in [7, 11) is 0. The van der Waals surface area contributed by atoms with Gasteiger partial charge in [0.05, 0.1) is 28.7 Å². The van der Waals surface area contributed by atoms with Crippen LogP contribution >= 0.6 is 0 Å². The molecule has 2 heteroatoms. The van der Waals surface area contributed by atoms with Crippen LogP contribution < -0.4 is 0 Å². The van der Waals surface area contributed by atoms with Gasteiger partial charge >= 0.3 is 0 Å². The minimum atomic E-state index is -0.155. The van der Waals surface area contributed by atoms with Crippen LogP contribution in [0.2, 0.25) is 0 Å². The Morgan fingerprint density at radius 1 is 0.385 bits per heavy atom. The van der Waals surface area contributed by atoms with Crippen LogP contribution in [0.4, 0.5) is 0 Å². The van der Waals surface area contributed by atoms with E-state index in [1.807, 2.05) is 6.07 Å². The fourth-order valence-electron chi connectivity index (χ4n) is 5.07. The molecule has 0 aromatic heterocycles. The molecular weight excluding hydrogens is 472 g/mol. The summed E-state index contributed by atoms with van der Waals surface area (Å²) in [4.78, 5) is 11.1. The van der Waals surface area contributed by atoms with Crippen LogP contribution in [0.25, 0.3) is 11.4 Å². The van der Waals surface area contributed by atoms with Gasteiger partial charge in [0, 0.05) is 11.1 Å². The molecule has 1 heterocycles. The Kier molecular flexibility index (Phi) is 6.84. The molecule has 0 N–H and O–H groups in total. The van der Waals surface area contributed by atoms with E-state index in [9.17, 15) is 0 Å². The summed E-state index contributed by atoms with van der Waals surface area (Å²) in [5, 5.41) is 0. The molecule has 1 aliphatic heterocycles. The van der Waals surface area contributed by atoms with Crippen LogP contribution in [0.3, 0.4) is 0 Å². The third-order valence-electron chi connectivity index (χ3n) is 7.16. The highest BCUT2D eigenvalue weighted by atomic mass is 14.9. The van der Waals surface area contributed by atoms with Crippen LogP contribution in [-0.2, 0) is 0 Å². The van der Waals surface area contributed by atoms with Gasteiger partial charge in [0.2, 0.25) is 0 Å². The second kappa shape index (κ2) is 10.9. The molecule has 0 saturated carbocycles. The van der Waals surface area contributed by atoms with Gasteiger partial charge < -0.3 is 0 Å². The predicted octanol–water partition coefficient (Wildman–Crippen LogP) is 8.91. The fraction of sp³-hybridized carbons (Fsp3) is 0.0811. The van der Waals surface area contributed by atoms with Gasteiger partial charge in [0.25, 0.3) is 0 Å². The van der Waals surface area contributed by atoms with E-state index in [1.165, 1.54) is 11.1 Å². The largest absolute Gasteiger partial charge is 0.249 e. The Bertz CT molecular complexity index is 1660. The highest BCUT2D eigenvalue weighted by Crippen LogP contribution is 2.38. The number of aliphatic imine (C=N–C) groups is 2. The Labute approximate surface area is 230 Å². The van der Waals surface area contributed by atoms with Crippen LogP contribution in [-0.4, -0.2) is 11.4 Å². The first-order chi connectivity index (χ1) is 19.2. The van der Waals surface area contributed by atoms with Gasteiger partial charge in [0.1, 0.15) is 0 Å². The maximum atomic E-state index is 5.55. The zero-order valence-corrected chi connectivity index (χ0v) is 22.3. The molecule has 1 atom stereocenters. The van der Waals surface area contributed by atoms with Crippen molar-refractivity contribution in [2.24, 2.45) is 9.98 Å². The van der Waals surface area contributed by atoms with Gasteiger partial charge in [-0.05, 0) is 30.5 Å². The molecule has 0 fully saturated rings. The van der Waals surface area contributed by atoms with E-state index in [4.69, 9.17) is 9.98 Å². The zero-order valence-electron chi connectivity index (χ0n) is 22.3. The van der Waals surface area contributed by atoms with Crippen molar-refractivity contribution in [3.63, 3.8) is 0 Å². The first kappa shape index (κ1) is 24.5. The number of rotatable bonds is 5. The first-order valence-corrected chi connectivity index (χ1v) is 13.4.